The summed E-state index contributed by atoms with van der Waals surface area (Å²) in [6.45, 7) is 6.38. The molecule has 3 nitrogen and oxygen atoms in total. The number of para-hydroxylation sites is 1. The monoisotopic (exact) mass is 291 g/mol. The highest BCUT2D eigenvalue weighted by molar-refractivity contribution is 7.80. The molecule has 1 heterocycles. The second kappa shape index (κ2) is 6.55. The summed E-state index contributed by atoms with van der Waals surface area (Å²) < 4.78 is 0. The third kappa shape index (κ3) is 3.49. The van der Waals surface area contributed by atoms with Crippen molar-refractivity contribution in [3.05, 3.63) is 29.3 Å². The van der Waals surface area contributed by atoms with Crippen LogP contribution in [0.3, 0.4) is 0 Å². The number of anilines is 1. The van der Waals surface area contributed by atoms with Gasteiger partial charge in [-0.25, -0.2) is 0 Å². The molecule has 0 radical (unpaired) electrons. The Morgan fingerprint density at radius 2 is 2.00 bits per heavy atom. The van der Waals surface area contributed by atoms with Crippen molar-refractivity contribution < 1.29 is 0 Å². The Bertz CT molecular complexity index is 464. The lowest BCUT2D eigenvalue weighted by atomic mass is 10.1. The van der Waals surface area contributed by atoms with E-state index in [-0.39, 0.29) is 0 Å². The van der Waals surface area contributed by atoms with Gasteiger partial charge in [-0.1, -0.05) is 18.2 Å². The van der Waals surface area contributed by atoms with E-state index in [2.05, 4.69) is 61.3 Å². The zero-order valence-electron chi connectivity index (χ0n) is 12.9. The summed E-state index contributed by atoms with van der Waals surface area (Å²) in [4.78, 5) is 4.59. The Labute approximate surface area is 128 Å². The molecular formula is C16H25N3S. The number of hydrogen-bond donors (Lipinski definition) is 1. The van der Waals surface area contributed by atoms with Gasteiger partial charge < -0.3 is 15.1 Å². The normalized spacial score (nSPS) is 18.6. The fraction of sp³-hybridized carbons (Fsp3) is 0.562. The number of rotatable bonds is 3. The van der Waals surface area contributed by atoms with Crippen LogP contribution in [0.4, 0.5) is 5.69 Å². The molecular weight excluding hydrogens is 266 g/mol. The first-order chi connectivity index (χ1) is 9.49. The molecule has 1 aromatic rings. The fourth-order valence-electron chi connectivity index (χ4n) is 2.90. The van der Waals surface area contributed by atoms with Gasteiger partial charge in [0.2, 0.25) is 0 Å². The predicted octanol–water partition coefficient (Wildman–Crippen LogP) is 3.03. The van der Waals surface area contributed by atoms with E-state index in [0.717, 1.165) is 23.9 Å². The predicted molar refractivity (Wildman–Crippen MR) is 90.4 cm³/mol. The molecule has 1 saturated heterocycles. The van der Waals surface area contributed by atoms with Gasteiger partial charge in [0.15, 0.2) is 5.11 Å². The first-order valence-corrected chi connectivity index (χ1v) is 7.68. The molecule has 0 amide bonds. The van der Waals surface area contributed by atoms with E-state index in [0.29, 0.717) is 6.04 Å². The highest BCUT2D eigenvalue weighted by Crippen LogP contribution is 2.23. The maximum Gasteiger partial charge on any atom is 0.173 e. The summed E-state index contributed by atoms with van der Waals surface area (Å²) in [5, 5.41) is 4.33. The largest absolute Gasteiger partial charge is 0.345 e. The highest BCUT2D eigenvalue weighted by atomic mass is 32.1. The molecule has 0 aliphatic carbocycles. The maximum atomic E-state index is 5.64. The van der Waals surface area contributed by atoms with E-state index in [1.807, 2.05) is 0 Å². The highest BCUT2D eigenvalue weighted by Gasteiger charge is 2.27. The molecule has 1 unspecified atom stereocenters. The number of thiocarbonyl (C=S) groups is 1. The van der Waals surface area contributed by atoms with Gasteiger partial charge in [0, 0.05) is 24.8 Å². The summed E-state index contributed by atoms with van der Waals surface area (Å²) >= 11 is 5.64. The van der Waals surface area contributed by atoms with Crippen LogP contribution < -0.4 is 5.32 Å². The quantitative estimate of drug-likeness (QED) is 0.863. The summed E-state index contributed by atoms with van der Waals surface area (Å²) in [7, 11) is 4.25. The third-order valence-electron chi connectivity index (χ3n) is 3.93. The zero-order valence-corrected chi connectivity index (χ0v) is 13.8. The zero-order chi connectivity index (χ0) is 14.7. The van der Waals surface area contributed by atoms with E-state index < -0.39 is 0 Å². The van der Waals surface area contributed by atoms with Crippen molar-refractivity contribution >= 4 is 23.0 Å². The molecule has 110 valence electrons. The van der Waals surface area contributed by atoms with E-state index in [1.165, 1.54) is 24.0 Å². The Balaban J connectivity index is 2.08. The van der Waals surface area contributed by atoms with Crippen molar-refractivity contribution in [1.82, 2.24) is 9.80 Å². The Kier molecular flexibility index (Phi) is 5.00. The van der Waals surface area contributed by atoms with Gasteiger partial charge in [0.25, 0.3) is 0 Å². The average Bonchev–Trinajstić information content (AvgIpc) is 2.81. The number of likely N-dealkylation sites (N-methyl/N-ethyl adjacent to an activating group) is 1. The van der Waals surface area contributed by atoms with Crippen molar-refractivity contribution in [2.75, 3.05) is 32.5 Å². The Morgan fingerprint density at radius 1 is 1.35 bits per heavy atom. The van der Waals surface area contributed by atoms with Crippen molar-refractivity contribution in [3.8, 4) is 0 Å². The van der Waals surface area contributed by atoms with Crippen LogP contribution in [0.1, 0.15) is 24.0 Å². The molecule has 20 heavy (non-hydrogen) atoms. The van der Waals surface area contributed by atoms with Gasteiger partial charge in [-0.3, -0.25) is 0 Å². The van der Waals surface area contributed by atoms with Crippen LogP contribution in [-0.4, -0.2) is 48.1 Å². The number of hydrogen-bond acceptors (Lipinski definition) is 2. The number of nitrogens with one attached hydrogen (secondary N) is 1. The second-order valence-electron chi connectivity index (χ2n) is 5.95. The molecule has 1 N–H and O–H groups in total. The lowest BCUT2D eigenvalue weighted by Crippen LogP contribution is -2.43. The number of likely N-dealkylation sites (tertiary alicyclic amines) is 1. The summed E-state index contributed by atoms with van der Waals surface area (Å²) in [5.41, 5.74) is 3.65. The molecule has 1 atom stereocenters. The standard InChI is InChI=1S/C16H25N3S/c1-12-7-5-8-13(2)15(12)17-16(20)19-10-6-9-14(19)11-18(3)4/h5,7-8,14H,6,9-11H2,1-4H3,(H,17,20). The van der Waals surface area contributed by atoms with Crippen LogP contribution in [0.25, 0.3) is 0 Å². The summed E-state index contributed by atoms with van der Waals surface area (Å²) in [6.07, 6.45) is 2.46. The summed E-state index contributed by atoms with van der Waals surface area (Å²) in [6, 6.07) is 6.87. The van der Waals surface area contributed by atoms with E-state index >= 15 is 0 Å². The first-order valence-electron chi connectivity index (χ1n) is 7.27. The molecule has 1 fully saturated rings. The molecule has 1 aromatic carbocycles. The second-order valence-corrected chi connectivity index (χ2v) is 6.34. The molecule has 0 aromatic heterocycles. The fourth-order valence-corrected chi connectivity index (χ4v) is 3.25. The first kappa shape index (κ1) is 15.3. The smallest absolute Gasteiger partial charge is 0.173 e. The lowest BCUT2D eigenvalue weighted by Gasteiger charge is -2.30. The van der Waals surface area contributed by atoms with E-state index in [4.69, 9.17) is 12.2 Å². The van der Waals surface area contributed by atoms with Gasteiger partial charge in [-0.05, 0) is 64.1 Å². The van der Waals surface area contributed by atoms with E-state index in [9.17, 15) is 0 Å². The molecule has 0 bridgehead atoms. The van der Waals surface area contributed by atoms with Gasteiger partial charge in [0.1, 0.15) is 0 Å². The van der Waals surface area contributed by atoms with E-state index in [1.54, 1.807) is 0 Å². The van der Waals surface area contributed by atoms with Crippen LogP contribution in [-0.2, 0) is 0 Å². The number of nitrogens with zero attached hydrogens (tertiary/aromatic N) is 2. The topological polar surface area (TPSA) is 18.5 Å². The third-order valence-corrected chi connectivity index (χ3v) is 4.26. The molecule has 2 rings (SSSR count). The van der Waals surface area contributed by atoms with Crippen molar-refractivity contribution in [1.29, 1.82) is 0 Å². The summed E-state index contributed by atoms with van der Waals surface area (Å²) in [5.74, 6) is 0. The minimum atomic E-state index is 0.536. The van der Waals surface area contributed by atoms with Gasteiger partial charge >= 0.3 is 0 Å². The molecule has 1 aliphatic rings. The van der Waals surface area contributed by atoms with Gasteiger partial charge in [-0.15, -0.1) is 0 Å². The minimum Gasteiger partial charge on any atom is -0.345 e. The Morgan fingerprint density at radius 3 is 2.60 bits per heavy atom. The Hall–Kier alpha value is -1.13. The average molecular weight is 291 g/mol. The number of benzene rings is 1. The van der Waals surface area contributed by atoms with Gasteiger partial charge in [-0.2, -0.15) is 0 Å². The van der Waals surface area contributed by atoms with Crippen molar-refractivity contribution in [2.45, 2.75) is 32.7 Å². The van der Waals surface area contributed by atoms with Crippen LogP contribution in [0, 0.1) is 13.8 Å². The van der Waals surface area contributed by atoms with Crippen LogP contribution in [0.2, 0.25) is 0 Å². The number of aryl methyl sites for hydroxylation is 2. The van der Waals surface area contributed by atoms with Crippen molar-refractivity contribution in [2.24, 2.45) is 0 Å². The molecule has 1 aliphatic heterocycles. The van der Waals surface area contributed by atoms with Crippen LogP contribution in [0.5, 0.6) is 0 Å². The molecule has 0 spiro atoms. The van der Waals surface area contributed by atoms with Gasteiger partial charge in [0.05, 0.1) is 0 Å². The lowest BCUT2D eigenvalue weighted by molar-refractivity contribution is 0.288. The van der Waals surface area contributed by atoms with Crippen LogP contribution in [0.15, 0.2) is 18.2 Å². The molecule has 0 saturated carbocycles. The molecule has 4 heteroatoms. The minimum absolute atomic E-state index is 0.536. The van der Waals surface area contributed by atoms with Crippen LogP contribution >= 0.6 is 12.2 Å². The van der Waals surface area contributed by atoms with Crippen molar-refractivity contribution in [3.63, 3.8) is 0 Å². The maximum absolute atomic E-state index is 5.64. The SMILES string of the molecule is Cc1cccc(C)c1NC(=S)N1CCCC1CN(C)C.